The third-order valence-electron chi connectivity index (χ3n) is 5.06. The molecule has 0 aliphatic carbocycles. The molecule has 25 heavy (non-hydrogen) atoms. The SMILES string of the molecule is CCN1CCCC1CNC(=O)c1cc2c([nH]c3ccccc32)c(=O)s1. The van der Waals surface area contributed by atoms with E-state index in [9.17, 15) is 9.59 Å². The first kappa shape index (κ1) is 16.3. The summed E-state index contributed by atoms with van der Waals surface area (Å²) in [4.78, 5) is 31.0. The van der Waals surface area contributed by atoms with Crippen LogP contribution in [0.2, 0.25) is 0 Å². The number of benzene rings is 1. The van der Waals surface area contributed by atoms with Crippen molar-refractivity contribution in [2.75, 3.05) is 19.6 Å². The van der Waals surface area contributed by atoms with E-state index >= 15 is 0 Å². The van der Waals surface area contributed by atoms with Crippen LogP contribution in [0.1, 0.15) is 29.4 Å². The Balaban J connectivity index is 1.61. The molecule has 2 N–H and O–H groups in total. The van der Waals surface area contributed by atoms with Crippen molar-refractivity contribution in [2.45, 2.75) is 25.8 Å². The van der Waals surface area contributed by atoms with Crippen LogP contribution in [0.15, 0.2) is 35.1 Å². The number of hydrogen-bond donors (Lipinski definition) is 2. The second kappa shape index (κ2) is 6.61. The zero-order chi connectivity index (χ0) is 17.4. The summed E-state index contributed by atoms with van der Waals surface area (Å²) in [6, 6.07) is 10.0. The number of fused-ring (bicyclic) bond motifs is 3. The van der Waals surface area contributed by atoms with Crippen molar-refractivity contribution in [1.82, 2.24) is 15.2 Å². The molecule has 1 fully saturated rings. The molecule has 0 bridgehead atoms. The van der Waals surface area contributed by atoms with E-state index in [4.69, 9.17) is 0 Å². The number of hydrogen-bond acceptors (Lipinski definition) is 4. The molecule has 1 atom stereocenters. The van der Waals surface area contributed by atoms with Crippen LogP contribution >= 0.6 is 11.3 Å². The molecule has 1 aliphatic heterocycles. The lowest BCUT2D eigenvalue weighted by Gasteiger charge is -2.22. The number of likely N-dealkylation sites (N-methyl/N-ethyl adjacent to an activating group) is 1. The normalized spacial score (nSPS) is 18.2. The van der Waals surface area contributed by atoms with Crippen molar-refractivity contribution in [1.29, 1.82) is 0 Å². The van der Waals surface area contributed by atoms with Crippen LogP contribution < -0.4 is 10.1 Å². The minimum Gasteiger partial charge on any atom is -0.351 e. The highest BCUT2D eigenvalue weighted by Crippen LogP contribution is 2.25. The van der Waals surface area contributed by atoms with E-state index in [1.54, 1.807) is 0 Å². The minimum absolute atomic E-state index is 0.102. The van der Waals surface area contributed by atoms with Crippen molar-refractivity contribution in [3.8, 4) is 0 Å². The van der Waals surface area contributed by atoms with Crippen molar-refractivity contribution in [2.24, 2.45) is 0 Å². The summed E-state index contributed by atoms with van der Waals surface area (Å²) in [6.45, 7) is 4.90. The number of likely N-dealkylation sites (tertiary alicyclic amines) is 1. The second-order valence-corrected chi connectivity index (χ2v) is 7.51. The maximum atomic E-state index is 12.6. The Labute approximate surface area is 149 Å². The third kappa shape index (κ3) is 2.96. The largest absolute Gasteiger partial charge is 0.351 e. The highest BCUT2D eigenvalue weighted by atomic mass is 32.1. The maximum Gasteiger partial charge on any atom is 0.261 e. The summed E-state index contributed by atoms with van der Waals surface area (Å²) in [5.41, 5.74) is 1.50. The predicted octanol–water partition coefficient (Wildman–Crippen LogP) is 2.96. The van der Waals surface area contributed by atoms with Gasteiger partial charge in [0.25, 0.3) is 10.6 Å². The molecule has 6 heteroatoms. The van der Waals surface area contributed by atoms with Gasteiger partial charge in [0.15, 0.2) is 0 Å². The average Bonchev–Trinajstić information content (AvgIpc) is 3.23. The fourth-order valence-electron chi connectivity index (χ4n) is 3.74. The molecule has 1 aliphatic rings. The van der Waals surface area contributed by atoms with Crippen LogP contribution in [0.4, 0.5) is 0 Å². The lowest BCUT2D eigenvalue weighted by Crippen LogP contribution is -2.40. The first-order chi connectivity index (χ1) is 12.2. The van der Waals surface area contributed by atoms with E-state index < -0.39 is 0 Å². The van der Waals surface area contributed by atoms with Gasteiger partial charge in [0, 0.05) is 28.9 Å². The van der Waals surface area contributed by atoms with Crippen molar-refractivity contribution in [3.63, 3.8) is 0 Å². The van der Waals surface area contributed by atoms with Crippen LogP contribution in [-0.2, 0) is 0 Å². The molecule has 3 aromatic rings. The van der Waals surface area contributed by atoms with Gasteiger partial charge in [-0.1, -0.05) is 36.5 Å². The molecule has 1 unspecified atom stereocenters. The van der Waals surface area contributed by atoms with Crippen molar-refractivity contribution in [3.05, 3.63) is 44.7 Å². The van der Waals surface area contributed by atoms with Gasteiger partial charge >= 0.3 is 0 Å². The van der Waals surface area contributed by atoms with Gasteiger partial charge in [0.1, 0.15) is 5.52 Å². The zero-order valence-corrected chi connectivity index (χ0v) is 15.0. The molecule has 3 heterocycles. The van der Waals surface area contributed by atoms with Crippen LogP contribution in [0.25, 0.3) is 21.8 Å². The van der Waals surface area contributed by atoms with Gasteiger partial charge in [-0.15, -0.1) is 0 Å². The summed E-state index contributed by atoms with van der Waals surface area (Å²) in [5, 5.41) is 4.81. The van der Waals surface area contributed by atoms with Crippen LogP contribution in [-0.4, -0.2) is 41.5 Å². The standard InChI is InChI=1S/C19H21N3O2S/c1-2-22-9-5-6-12(22)11-20-18(23)16-10-14-13-7-3-4-8-15(13)21-17(14)19(24)25-16/h3-4,7-8,10,12,21H,2,5-6,9,11H2,1H3,(H,20,23). The molecule has 0 spiro atoms. The van der Waals surface area contributed by atoms with Crippen LogP contribution in [0, 0.1) is 0 Å². The van der Waals surface area contributed by atoms with E-state index in [2.05, 4.69) is 22.1 Å². The van der Waals surface area contributed by atoms with Gasteiger partial charge in [0.05, 0.1) is 4.88 Å². The Hall–Kier alpha value is -2.18. The number of nitrogens with zero attached hydrogens (tertiary/aromatic N) is 1. The number of rotatable bonds is 4. The zero-order valence-electron chi connectivity index (χ0n) is 14.2. The summed E-state index contributed by atoms with van der Waals surface area (Å²) < 4.78 is -0.102. The molecule has 1 amide bonds. The van der Waals surface area contributed by atoms with Crippen molar-refractivity contribution >= 4 is 39.0 Å². The summed E-state index contributed by atoms with van der Waals surface area (Å²) in [5.74, 6) is -0.155. The first-order valence-corrected chi connectivity index (χ1v) is 9.56. The Morgan fingerprint density at radius 3 is 3.04 bits per heavy atom. The Bertz CT molecular complexity index is 991. The topological polar surface area (TPSA) is 65.2 Å². The van der Waals surface area contributed by atoms with Gasteiger partial charge in [-0.2, -0.15) is 0 Å². The summed E-state index contributed by atoms with van der Waals surface area (Å²) in [7, 11) is 0. The highest BCUT2D eigenvalue weighted by molar-refractivity contribution is 7.12. The highest BCUT2D eigenvalue weighted by Gasteiger charge is 2.23. The maximum absolute atomic E-state index is 12.6. The number of carbonyl (C=O) groups is 1. The van der Waals surface area contributed by atoms with Gasteiger partial charge in [-0.25, -0.2) is 0 Å². The molecule has 0 radical (unpaired) electrons. The smallest absolute Gasteiger partial charge is 0.261 e. The minimum atomic E-state index is -0.155. The Morgan fingerprint density at radius 1 is 1.36 bits per heavy atom. The molecule has 1 aromatic carbocycles. The Morgan fingerprint density at radius 2 is 2.20 bits per heavy atom. The second-order valence-electron chi connectivity index (χ2n) is 6.49. The van der Waals surface area contributed by atoms with E-state index in [0.717, 1.165) is 47.1 Å². The monoisotopic (exact) mass is 355 g/mol. The third-order valence-corrected chi connectivity index (χ3v) is 5.97. The number of para-hydroxylation sites is 1. The predicted molar refractivity (Wildman–Crippen MR) is 103 cm³/mol. The average molecular weight is 355 g/mol. The number of nitrogens with one attached hydrogen (secondary N) is 2. The summed E-state index contributed by atoms with van der Waals surface area (Å²) >= 11 is 1.01. The molecular weight excluding hydrogens is 334 g/mol. The van der Waals surface area contributed by atoms with Gasteiger partial charge in [-0.05, 0) is 38.1 Å². The van der Waals surface area contributed by atoms with Crippen molar-refractivity contribution < 1.29 is 4.79 Å². The van der Waals surface area contributed by atoms with E-state index in [0.29, 0.717) is 23.0 Å². The lowest BCUT2D eigenvalue weighted by molar-refractivity contribution is 0.0945. The summed E-state index contributed by atoms with van der Waals surface area (Å²) in [6.07, 6.45) is 2.30. The van der Waals surface area contributed by atoms with Crippen LogP contribution in [0.5, 0.6) is 0 Å². The molecule has 4 rings (SSSR count). The number of aromatic nitrogens is 1. The van der Waals surface area contributed by atoms with E-state index in [1.165, 1.54) is 6.42 Å². The first-order valence-electron chi connectivity index (χ1n) is 8.74. The molecule has 2 aromatic heterocycles. The lowest BCUT2D eigenvalue weighted by atomic mass is 10.2. The van der Waals surface area contributed by atoms with Gasteiger partial charge in [0.2, 0.25) is 0 Å². The number of amides is 1. The molecular formula is C19H21N3O2S. The molecule has 130 valence electrons. The molecule has 1 saturated heterocycles. The molecule has 5 nitrogen and oxygen atoms in total. The Kier molecular flexibility index (Phi) is 4.31. The number of carbonyl (C=O) groups excluding carboxylic acids is 1. The van der Waals surface area contributed by atoms with Gasteiger partial charge < -0.3 is 10.3 Å². The quantitative estimate of drug-likeness (QED) is 0.756. The van der Waals surface area contributed by atoms with Crippen LogP contribution in [0.3, 0.4) is 0 Å². The number of aromatic amines is 1. The fraction of sp³-hybridized carbons (Fsp3) is 0.368. The van der Waals surface area contributed by atoms with Gasteiger partial charge in [-0.3, -0.25) is 14.5 Å². The molecule has 0 saturated carbocycles. The number of H-pyrrole nitrogens is 1. The fourth-order valence-corrected chi connectivity index (χ4v) is 4.54. The van der Waals surface area contributed by atoms with E-state index in [-0.39, 0.29) is 10.6 Å². The van der Waals surface area contributed by atoms with E-state index in [1.807, 2.05) is 30.3 Å².